The van der Waals surface area contributed by atoms with Gasteiger partial charge < -0.3 is 9.52 Å². The number of aromatic nitrogens is 2. The first-order chi connectivity index (χ1) is 9.18. The van der Waals surface area contributed by atoms with Crippen LogP contribution in [0.1, 0.15) is 19.2 Å². The van der Waals surface area contributed by atoms with Crippen LogP contribution in [0, 0.1) is 0 Å². The number of rotatable bonds is 4. The molecule has 5 heteroatoms. The second kappa shape index (κ2) is 4.75. The minimum absolute atomic E-state index is 0.526. The minimum atomic E-state index is -0.526. The van der Waals surface area contributed by atoms with E-state index < -0.39 is 5.60 Å². The standard InChI is InChI=1S/C14H17N3O2/c1-2-14(18)9-17(10-14)8-12-15-16-13(19-12)11-6-4-3-5-7-11/h3-7,18H,2,8-10H2,1H3. The topological polar surface area (TPSA) is 62.4 Å². The van der Waals surface area contributed by atoms with Crippen LogP contribution in [0.5, 0.6) is 0 Å². The number of hydrogen-bond donors (Lipinski definition) is 1. The molecule has 0 radical (unpaired) electrons. The fourth-order valence-electron chi connectivity index (χ4n) is 2.33. The van der Waals surface area contributed by atoms with Crippen LogP contribution in [0.3, 0.4) is 0 Å². The van der Waals surface area contributed by atoms with Crippen LogP contribution in [0.2, 0.25) is 0 Å². The van der Waals surface area contributed by atoms with E-state index in [-0.39, 0.29) is 0 Å². The van der Waals surface area contributed by atoms with Crippen molar-refractivity contribution in [3.63, 3.8) is 0 Å². The van der Waals surface area contributed by atoms with E-state index in [0.717, 1.165) is 12.0 Å². The Bertz CT molecular complexity index is 547. The molecule has 0 bridgehead atoms. The van der Waals surface area contributed by atoms with Gasteiger partial charge in [-0.25, -0.2) is 0 Å². The highest BCUT2D eigenvalue weighted by atomic mass is 16.4. The maximum absolute atomic E-state index is 9.94. The molecule has 0 saturated carbocycles. The molecule has 1 aromatic carbocycles. The molecular formula is C14H17N3O2. The molecule has 2 heterocycles. The molecule has 1 aliphatic rings. The molecule has 100 valence electrons. The lowest BCUT2D eigenvalue weighted by Crippen LogP contribution is -2.60. The van der Waals surface area contributed by atoms with Gasteiger partial charge in [0, 0.05) is 18.7 Å². The predicted molar refractivity (Wildman–Crippen MR) is 70.3 cm³/mol. The lowest BCUT2D eigenvalue weighted by molar-refractivity contribution is -0.105. The van der Waals surface area contributed by atoms with Gasteiger partial charge in [-0.15, -0.1) is 10.2 Å². The fraction of sp³-hybridized carbons (Fsp3) is 0.429. The molecular weight excluding hydrogens is 242 g/mol. The Labute approximate surface area is 111 Å². The van der Waals surface area contributed by atoms with Crippen molar-refractivity contribution in [3.05, 3.63) is 36.2 Å². The molecule has 2 aromatic rings. The van der Waals surface area contributed by atoms with E-state index >= 15 is 0 Å². The predicted octanol–water partition coefficient (Wildman–Crippen LogP) is 1.69. The molecule has 1 N–H and O–H groups in total. The Balaban J connectivity index is 1.64. The highest BCUT2D eigenvalue weighted by Crippen LogP contribution is 2.26. The van der Waals surface area contributed by atoms with Crippen LogP contribution in [-0.2, 0) is 6.54 Å². The van der Waals surface area contributed by atoms with Crippen molar-refractivity contribution in [1.82, 2.24) is 15.1 Å². The smallest absolute Gasteiger partial charge is 0.247 e. The Morgan fingerprint density at radius 3 is 2.68 bits per heavy atom. The van der Waals surface area contributed by atoms with E-state index in [0.29, 0.717) is 31.4 Å². The van der Waals surface area contributed by atoms with Gasteiger partial charge in [-0.3, -0.25) is 4.90 Å². The maximum atomic E-state index is 9.94. The third-order valence-corrected chi connectivity index (χ3v) is 3.54. The van der Waals surface area contributed by atoms with Gasteiger partial charge in [-0.2, -0.15) is 0 Å². The van der Waals surface area contributed by atoms with Crippen molar-refractivity contribution in [2.45, 2.75) is 25.5 Å². The van der Waals surface area contributed by atoms with Gasteiger partial charge in [0.15, 0.2) is 0 Å². The SMILES string of the molecule is CCC1(O)CN(Cc2nnc(-c3ccccc3)o2)C1. The number of hydrogen-bond acceptors (Lipinski definition) is 5. The molecule has 0 amide bonds. The van der Waals surface area contributed by atoms with Crippen LogP contribution in [0.25, 0.3) is 11.5 Å². The van der Waals surface area contributed by atoms with Gasteiger partial charge in [0.25, 0.3) is 0 Å². The summed E-state index contributed by atoms with van der Waals surface area (Å²) in [5, 5.41) is 18.0. The summed E-state index contributed by atoms with van der Waals surface area (Å²) in [5.74, 6) is 1.14. The van der Waals surface area contributed by atoms with Crippen LogP contribution in [0.15, 0.2) is 34.7 Å². The molecule has 0 spiro atoms. The molecule has 1 aliphatic heterocycles. The van der Waals surface area contributed by atoms with E-state index in [2.05, 4.69) is 15.1 Å². The first kappa shape index (κ1) is 12.3. The maximum Gasteiger partial charge on any atom is 0.247 e. The lowest BCUT2D eigenvalue weighted by atomic mass is 9.91. The summed E-state index contributed by atoms with van der Waals surface area (Å²) in [5.41, 5.74) is 0.400. The average Bonchev–Trinajstić information content (AvgIpc) is 2.86. The van der Waals surface area contributed by atoms with Crippen LogP contribution in [0.4, 0.5) is 0 Å². The molecule has 5 nitrogen and oxygen atoms in total. The van der Waals surface area contributed by atoms with E-state index in [1.807, 2.05) is 37.3 Å². The largest absolute Gasteiger partial charge is 0.419 e. The van der Waals surface area contributed by atoms with E-state index in [1.165, 1.54) is 0 Å². The second-order valence-electron chi connectivity index (χ2n) is 5.09. The summed E-state index contributed by atoms with van der Waals surface area (Å²) in [7, 11) is 0. The molecule has 0 aliphatic carbocycles. The Morgan fingerprint density at radius 1 is 1.26 bits per heavy atom. The number of likely N-dealkylation sites (tertiary alicyclic amines) is 1. The molecule has 1 saturated heterocycles. The van der Waals surface area contributed by atoms with Gasteiger partial charge in [0.05, 0.1) is 12.1 Å². The average molecular weight is 259 g/mol. The first-order valence-electron chi connectivity index (χ1n) is 6.51. The zero-order valence-corrected chi connectivity index (χ0v) is 10.9. The molecule has 3 rings (SSSR count). The van der Waals surface area contributed by atoms with E-state index in [1.54, 1.807) is 0 Å². The van der Waals surface area contributed by atoms with Gasteiger partial charge in [-0.05, 0) is 18.6 Å². The van der Waals surface area contributed by atoms with Crippen molar-refractivity contribution in [1.29, 1.82) is 0 Å². The van der Waals surface area contributed by atoms with Crippen molar-refractivity contribution in [2.75, 3.05) is 13.1 Å². The van der Waals surface area contributed by atoms with Crippen molar-refractivity contribution in [3.8, 4) is 11.5 Å². The van der Waals surface area contributed by atoms with Crippen LogP contribution in [-0.4, -0.2) is 38.9 Å². The van der Waals surface area contributed by atoms with Gasteiger partial charge in [-0.1, -0.05) is 25.1 Å². The van der Waals surface area contributed by atoms with Crippen LogP contribution >= 0.6 is 0 Å². The summed E-state index contributed by atoms with van der Waals surface area (Å²) >= 11 is 0. The first-order valence-corrected chi connectivity index (χ1v) is 6.51. The third kappa shape index (κ3) is 2.52. The number of benzene rings is 1. The quantitative estimate of drug-likeness (QED) is 0.905. The molecule has 0 atom stereocenters. The molecule has 0 unspecified atom stereocenters. The van der Waals surface area contributed by atoms with E-state index in [4.69, 9.17) is 4.42 Å². The highest BCUT2D eigenvalue weighted by molar-refractivity contribution is 5.51. The summed E-state index contributed by atoms with van der Waals surface area (Å²) in [6.45, 7) is 3.94. The molecule has 19 heavy (non-hydrogen) atoms. The van der Waals surface area contributed by atoms with Crippen LogP contribution < -0.4 is 0 Å². The van der Waals surface area contributed by atoms with Gasteiger partial charge in [0.2, 0.25) is 11.8 Å². The van der Waals surface area contributed by atoms with Crippen molar-refractivity contribution < 1.29 is 9.52 Å². The Morgan fingerprint density at radius 2 is 2.00 bits per heavy atom. The third-order valence-electron chi connectivity index (χ3n) is 3.54. The zero-order chi connectivity index (χ0) is 13.3. The molecule has 1 fully saturated rings. The Kier molecular flexibility index (Phi) is 3.08. The molecule has 1 aromatic heterocycles. The Hall–Kier alpha value is -1.72. The number of aliphatic hydroxyl groups is 1. The van der Waals surface area contributed by atoms with Crippen molar-refractivity contribution >= 4 is 0 Å². The van der Waals surface area contributed by atoms with Gasteiger partial charge in [0.1, 0.15) is 0 Å². The summed E-state index contributed by atoms with van der Waals surface area (Å²) in [6, 6.07) is 9.71. The van der Waals surface area contributed by atoms with Gasteiger partial charge >= 0.3 is 0 Å². The summed E-state index contributed by atoms with van der Waals surface area (Å²) in [6.07, 6.45) is 0.780. The zero-order valence-electron chi connectivity index (χ0n) is 10.9. The fourth-order valence-corrected chi connectivity index (χ4v) is 2.33. The van der Waals surface area contributed by atoms with E-state index in [9.17, 15) is 5.11 Å². The normalized spacial score (nSPS) is 18.2. The monoisotopic (exact) mass is 259 g/mol. The number of β-amino-alcohol motifs (C(OH)–C–C–N with tert-alkyl or cyclic N) is 1. The van der Waals surface area contributed by atoms with Crippen molar-refractivity contribution in [2.24, 2.45) is 0 Å². The highest BCUT2D eigenvalue weighted by Gasteiger charge is 2.39. The summed E-state index contributed by atoms with van der Waals surface area (Å²) < 4.78 is 5.63. The lowest BCUT2D eigenvalue weighted by Gasteiger charge is -2.45. The minimum Gasteiger partial charge on any atom is -0.419 e. The number of nitrogens with zero attached hydrogens (tertiary/aromatic N) is 3. The summed E-state index contributed by atoms with van der Waals surface area (Å²) in [4.78, 5) is 2.10. The second-order valence-corrected chi connectivity index (χ2v) is 5.09.